The molecule has 0 atom stereocenters. The van der Waals surface area contributed by atoms with Gasteiger partial charge in [-0.05, 0) is 25.0 Å². The van der Waals surface area contributed by atoms with Crippen LogP contribution in [-0.4, -0.2) is 47.1 Å². The molecule has 1 saturated heterocycles. The first-order valence-corrected chi connectivity index (χ1v) is 11.0. The molecule has 0 bridgehead atoms. The number of nitrogens with zero attached hydrogens (tertiary/aromatic N) is 4. The van der Waals surface area contributed by atoms with Crippen LogP contribution in [0.4, 0.5) is 21.3 Å². The number of hydrogen-bond acceptors (Lipinski definition) is 6. The lowest BCUT2D eigenvalue weighted by Crippen LogP contribution is -2.36. The highest BCUT2D eigenvalue weighted by Gasteiger charge is 2.30. The van der Waals surface area contributed by atoms with E-state index in [4.69, 9.17) is 9.72 Å². The fourth-order valence-electron chi connectivity index (χ4n) is 3.69. The third-order valence-electron chi connectivity index (χ3n) is 5.41. The molecular formula is C21H24N6O2S. The van der Waals surface area contributed by atoms with E-state index in [0.29, 0.717) is 5.92 Å². The highest BCUT2D eigenvalue weighted by atomic mass is 32.1. The van der Waals surface area contributed by atoms with Gasteiger partial charge in [0.2, 0.25) is 0 Å². The molecule has 0 unspecified atom stereocenters. The number of urea groups is 1. The van der Waals surface area contributed by atoms with Gasteiger partial charge < -0.3 is 20.3 Å². The Kier molecular flexibility index (Phi) is 5.14. The number of carbonyl (C=O) groups excluding carboxylic acids is 1. The fraction of sp³-hybridized carbons (Fsp3) is 0.381. The number of carbonyl (C=O) groups is 1. The van der Waals surface area contributed by atoms with Crippen LogP contribution < -0.4 is 15.5 Å². The molecule has 0 spiro atoms. The standard InChI is InChI=1S/C21H24N6O2S/c1-26-19(15-2-3-15)17(12-22-26)24-20(28)23-16-6-4-14(5-7-16)18-13-30-21(25-18)27-8-10-29-11-9-27/h4-7,12-13,15H,2-3,8-11H2,1H3,(H2,23,24,28). The number of benzene rings is 1. The molecule has 8 nitrogen and oxygen atoms in total. The van der Waals surface area contributed by atoms with Crippen LogP contribution in [0.25, 0.3) is 11.3 Å². The number of rotatable bonds is 5. The van der Waals surface area contributed by atoms with Gasteiger partial charge in [0.25, 0.3) is 0 Å². The van der Waals surface area contributed by atoms with Crippen molar-refractivity contribution in [3.63, 3.8) is 0 Å². The SMILES string of the molecule is Cn1ncc(NC(=O)Nc2ccc(-c3csc(N4CCOCC4)n3)cc2)c1C1CC1. The van der Waals surface area contributed by atoms with E-state index in [1.165, 1.54) is 0 Å². The number of ether oxygens (including phenoxy) is 1. The van der Waals surface area contributed by atoms with E-state index < -0.39 is 0 Å². The number of anilines is 3. The van der Waals surface area contributed by atoms with E-state index in [1.54, 1.807) is 17.5 Å². The normalized spacial score (nSPS) is 16.5. The summed E-state index contributed by atoms with van der Waals surface area (Å²) in [6.45, 7) is 3.26. The molecule has 2 N–H and O–H groups in total. The van der Waals surface area contributed by atoms with Crippen LogP contribution in [0.3, 0.4) is 0 Å². The molecule has 2 fully saturated rings. The van der Waals surface area contributed by atoms with Gasteiger partial charge in [-0.2, -0.15) is 5.10 Å². The van der Waals surface area contributed by atoms with E-state index in [9.17, 15) is 4.79 Å². The number of morpholine rings is 1. The summed E-state index contributed by atoms with van der Waals surface area (Å²) in [5, 5.41) is 13.2. The molecule has 2 aromatic heterocycles. The second-order valence-electron chi connectivity index (χ2n) is 7.61. The molecule has 1 aliphatic heterocycles. The van der Waals surface area contributed by atoms with Crippen molar-refractivity contribution in [2.75, 3.05) is 41.8 Å². The first kappa shape index (κ1) is 19.1. The first-order valence-electron chi connectivity index (χ1n) is 10.2. The van der Waals surface area contributed by atoms with Crippen molar-refractivity contribution in [2.24, 2.45) is 7.05 Å². The number of thiazole rings is 1. The lowest BCUT2D eigenvalue weighted by molar-refractivity contribution is 0.122. The third kappa shape index (κ3) is 4.03. The summed E-state index contributed by atoms with van der Waals surface area (Å²) < 4.78 is 7.26. The van der Waals surface area contributed by atoms with Gasteiger partial charge in [-0.15, -0.1) is 11.3 Å². The average Bonchev–Trinajstić information content (AvgIpc) is 3.35. The Labute approximate surface area is 178 Å². The third-order valence-corrected chi connectivity index (χ3v) is 6.31. The van der Waals surface area contributed by atoms with Crippen molar-refractivity contribution in [3.8, 4) is 11.3 Å². The summed E-state index contributed by atoms with van der Waals surface area (Å²) >= 11 is 1.65. The zero-order valence-corrected chi connectivity index (χ0v) is 17.6. The second-order valence-corrected chi connectivity index (χ2v) is 8.45. The van der Waals surface area contributed by atoms with Crippen LogP contribution in [-0.2, 0) is 11.8 Å². The Morgan fingerprint density at radius 3 is 2.67 bits per heavy atom. The summed E-state index contributed by atoms with van der Waals surface area (Å²) in [6, 6.07) is 7.49. The Morgan fingerprint density at radius 2 is 1.93 bits per heavy atom. The van der Waals surface area contributed by atoms with Crippen LogP contribution >= 0.6 is 11.3 Å². The summed E-state index contributed by atoms with van der Waals surface area (Å²) in [7, 11) is 1.92. The molecule has 1 aromatic carbocycles. The quantitative estimate of drug-likeness (QED) is 0.649. The molecule has 156 valence electrons. The molecule has 2 amide bonds. The van der Waals surface area contributed by atoms with Crippen LogP contribution in [0.15, 0.2) is 35.8 Å². The van der Waals surface area contributed by atoms with E-state index in [0.717, 1.165) is 72.6 Å². The Hall–Kier alpha value is -2.91. The average molecular weight is 425 g/mol. The predicted molar refractivity (Wildman–Crippen MR) is 118 cm³/mol. The Balaban J connectivity index is 1.22. The van der Waals surface area contributed by atoms with Crippen molar-refractivity contribution in [3.05, 3.63) is 41.5 Å². The zero-order valence-electron chi connectivity index (χ0n) is 16.8. The van der Waals surface area contributed by atoms with Gasteiger partial charge in [-0.3, -0.25) is 4.68 Å². The van der Waals surface area contributed by atoms with Crippen LogP contribution in [0, 0.1) is 0 Å². The molecule has 9 heteroatoms. The maximum absolute atomic E-state index is 12.4. The Bertz CT molecular complexity index is 1030. The topological polar surface area (TPSA) is 84.3 Å². The highest BCUT2D eigenvalue weighted by Crippen LogP contribution is 2.43. The molecular weight excluding hydrogens is 400 g/mol. The van der Waals surface area contributed by atoms with Crippen molar-refractivity contribution in [2.45, 2.75) is 18.8 Å². The summed E-state index contributed by atoms with van der Waals surface area (Å²) in [5.74, 6) is 0.507. The lowest BCUT2D eigenvalue weighted by atomic mass is 10.1. The van der Waals surface area contributed by atoms with E-state index in [2.05, 4.69) is 26.0 Å². The van der Waals surface area contributed by atoms with E-state index in [1.807, 2.05) is 36.0 Å². The zero-order chi connectivity index (χ0) is 20.5. The summed E-state index contributed by atoms with van der Waals surface area (Å²) in [4.78, 5) is 19.5. The van der Waals surface area contributed by atoms with E-state index in [-0.39, 0.29) is 6.03 Å². The molecule has 3 heterocycles. The fourth-order valence-corrected chi connectivity index (χ4v) is 4.58. The molecule has 1 saturated carbocycles. The van der Waals surface area contributed by atoms with Gasteiger partial charge in [0, 0.05) is 42.7 Å². The van der Waals surface area contributed by atoms with Crippen molar-refractivity contribution in [1.29, 1.82) is 0 Å². The second kappa shape index (κ2) is 8.08. The number of aryl methyl sites for hydroxylation is 1. The molecule has 1 aliphatic carbocycles. The molecule has 2 aliphatic rings. The number of nitrogens with one attached hydrogen (secondary N) is 2. The summed E-state index contributed by atoms with van der Waals surface area (Å²) in [5.41, 5.74) is 4.59. The Morgan fingerprint density at radius 1 is 1.17 bits per heavy atom. The monoisotopic (exact) mass is 424 g/mol. The smallest absolute Gasteiger partial charge is 0.323 e. The number of amides is 2. The maximum Gasteiger partial charge on any atom is 0.323 e. The number of hydrogen-bond donors (Lipinski definition) is 2. The largest absolute Gasteiger partial charge is 0.378 e. The van der Waals surface area contributed by atoms with Gasteiger partial charge in [-0.25, -0.2) is 9.78 Å². The molecule has 5 rings (SSSR count). The van der Waals surface area contributed by atoms with Crippen LogP contribution in [0.1, 0.15) is 24.5 Å². The van der Waals surface area contributed by atoms with Gasteiger partial charge in [0.15, 0.2) is 5.13 Å². The van der Waals surface area contributed by atoms with Gasteiger partial charge >= 0.3 is 6.03 Å². The van der Waals surface area contributed by atoms with Crippen LogP contribution in [0.2, 0.25) is 0 Å². The van der Waals surface area contributed by atoms with Gasteiger partial charge in [0.05, 0.1) is 36.5 Å². The van der Waals surface area contributed by atoms with Gasteiger partial charge in [0.1, 0.15) is 0 Å². The first-order chi connectivity index (χ1) is 14.7. The van der Waals surface area contributed by atoms with Crippen molar-refractivity contribution in [1.82, 2.24) is 14.8 Å². The van der Waals surface area contributed by atoms with Crippen molar-refractivity contribution >= 4 is 33.9 Å². The minimum absolute atomic E-state index is 0.263. The van der Waals surface area contributed by atoms with Crippen molar-refractivity contribution < 1.29 is 9.53 Å². The highest BCUT2D eigenvalue weighted by molar-refractivity contribution is 7.14. The summed E-state index contributed by atoms with van der Waals surface area (Å²) in [6.07, 6.45) is 4.02. The minimum Gasteiger partial charge on any atom is -0.378 e. The maximum atomic E-state index is 12.4. The van der Waals surface area contributed by atoms with Gasteiger partial charge in [-0.1, -0.05) is 12.1 Å². The van der Waals surface area contributed by atoms with E-state index >= 15 is 0 Å². The number of aromatic nitrogens is 3. The predicted octanol–water partition coefficient (Wildman–Crippen LogP) is 3.90. The molecule has 3 aromatic rings. The molecule has 30 heavy (non-hydrogen) atoms. The minimum atomic E-state index is -0.263. The molecule has 0 radical (unpaired) electrons. The van der Waals surface area contributed by atoms with Crippen LogP contribution in [0.5, 0.6) is 0 Å². The lowest BCUT2D eigenvalue weighted by Gasteiger charge is -2.26.